The molecule has 0 aromatic carbocycles. The summed E-state index contributed by atoms with van der Waals surface area (Å²) in [4.78, 5) is 2.85. The van der Waals surface area contributed by atoms with Crippen LogP contribution in [0, 0.1) is 0 Å². The molecule has 4 heteroatoms. The summed E-state index contributed by atoms with van der Waals surface area (Å²) in [5, 5.41) is 3.75. The van der Waals surface area contributed by atoms with Gasteiger partial charge in [0.15, 0.2) is 0 Å². The third-order valence-electron chi connectivity index (χ3n) is 1.99. The van der Waals surface area contributed by atoms with E-state index in [1.165, 1.54) is 12.8 Å². The fourth-order valence-electron chi connectivity index (χ4n) is 1.30. The molecule has 0 amide bonds. The van der Waals surface area contributed by atoms with Crippen LogP contribution in [0.2, 0.25) is 0 Å². The molecule has 0 aliphatic heterocycles. The number of hydrogen-bond acceptors (Lipinski definition) is 1. The van der Waals surface area contributed by atoms with Gasteiger partial charge in [-0.25, -0.2) is 0 Å². The number of halogens is 1. The van der Waals surface area contributed by atoms with Crippen molar-refractivity contribution >= 4 is 22.6 Å². The van der Waals surface area contributed by atoms with Gasteiger partial charge in [-0.1, -0.05) is 46.3 Å². The van der Waals surface area contributed by atoms with Gasteiger partial charge >= 0.3 is 0 Å². The zero-order valence-corrected chi connectivity index (χ0v) is 9.01. The summed E-state index contributed by atoms with van der Waals surface area (Å²) < 4.78 is 0.468. The van der Waals surface area contributed by atoms with E-state index in [2.05, 4.69) is 38.7 Å². The second kappa shape index (κ2) is 5.43. The first kappa shape index (κ1) is 9.86. The first-order valence-corrected chi connectivity index (χ1v) is 5.44. The summed E-state index contributed by atoms with van der Waals surface area (Å²) in [6.45, 7) is 0. The summed E-state index contributed by atoms with van der Waals surface area (Å²) in [6.07, 6.45) is 8.96. The maximum Gasteiger partial charge on any atom is 0.0672 e. The summed E-state index contributed by atoms with van der Waals surface area (Å²) in [7, 11) is 0. The van der Waals surface area contributed by atoms with Crippen molar-refractivity contribution in [3.63, 3.8) is 0 Å². The number of alkyl halides is 1. The van der Waals surface area contributed by atoms with E-state index in [0.29, 0.717) is 3.92 Å². The minimum atomic E-state index is 0.0656. The lowest BCUT2D eigenvalue weighted by atomic mass is 10.0. The Balaban J connectivity index is 2.63. The Morgan fingerprint density at radius 2 is 2.33 bits per heavy atom. The molecular formula is C8H12IN3. The standard InChI is InChI=1S/C8H12IN3/c9-7-5-3-1-2-4-6-8(7)11-12-10/h4,6-8H,1-3,5H2/b6-4-/t7-,8-/m1/s1. The van der Waals surface area contributed by atoms with E-state index in [9.17, 15) is 0 Å². The van der Waals surface area contributed by atoms with Crippen molar-refractivity contribution in [1.82, 2.24) is 0 Å². The van der Waals surface area contributed by atoms with Gasteiger partial charge in [-0.05, 0) is 24.8 Å². The highest BCUT2D eigenvalue weighted by atomic mass is 127. The number of nitrogens with zero attached hydrogens (tertiary/aromatic N) is 3. The summed E-state index contributed by atoms with van der Waals surface area (Å²) in [5.41, 5.74) is 8.32. The van der Waals surface area contributed by atoms with Crippen molar-refractivity contribution in [2.24, 2.45) is 5.11 Å². The van der Waals surface area contributed by atoms with E-state index in [-0.39, 0.29) is 6.04 Å². The van der Waals surface area contributed by atoms with Crippen LogP contribution in [0.5, 0.6) is 0 Å². The second-order valence-electron chi connectivity index (χ2n) is 2.92. The van der Waals surface area contributed by atoms with Gasteiger partial charge in [-0.3, -0.25) is 0 Å². The maximum absolute atomic E-state index is 8.32. The van der Waals surface area contributed by atoms with Crippen LogP contribution in [0.4, 0.5) is 0 Å². The zero-order chi connectivity index (χ0) is 8.81. The van der Waals surface area contributed by atoms with Crippen LogP contribution in [0.1, 0.15) is 25.7 Å². The van der Waals surface area contributed by atoms with Gasteiger partial charge in [-0.15, -0.1) is 0 Å². The van der Waals surface area contributed by atoms with Crippen molar-refractivity contribution in [2.75, 3.05) is 0 Å². The molecule has 1 aliphatic rings. The summed E-state index contributed by atoms with van der Waals surface area (Å²) >= 11 is 2.37. The van der Waals surface area contributed by atoms with Gasteiger partial charge in [0.2, 0.25) is 0 Å². The molecule has 0 radical (unpaired) electrons. The van der Waals surface area contributed by atoms with Crippen LogP contribution >= 0.6 is 22.6 Å². The molecule has 0 N–H and O–H groups in total. The van der Waals surface area contributed by atoms with Gasteiger partial charge in [0.25, 0.3) is 0 Å². The van der Waals surface area contributed by atoms with E-state index in [1.54, 1.807) is 0 Å². The minimum Gasteiger partial charge on any atom is -0.0881 e. The van der Waals surface area contributed by atoms with E-state index < -0.39 is 0 Å². The molecule has 0 bridgehead atoms. The van der Waals surface area contributed by atoms with Gasteiger partial charge in [0, 0.05) is 8.84 Å². The lowest BCUT2D eigenvalue weighted by molar-refractivity contribution is 0.619. The molecule has 0 unspecified atom stereocenters. The Bertz CT molecular complexity index is 208. The summed E-state index contributed by atoms with van der Waals surface area (Å²) in [6, 6.07) is 0.0656. The number of allylic oxidation sites excluding steroid dienone is 1. The highest BCUT2D eigenvalue weighted by Gasteiger charge is 2.14. The van der Waals surface area contributed by atoms with Crippen molar-refractivity contribution in [1.29, 1.82) is 0 Å². The Hall–Kier alpha value is -0.220. The molecule has 1 aliphatic carbocycles. The normalized spacial score (nSPS) is 32.8. The van der Waals surface area contributed by atoms with Crippen LogP contribution in [-0.2, 0) is 0 Å². The lowest BCUT2D eigenvalue weighted by Gasteiger charge is -2.16. The van der Waals surface area contributed by atoms with Crippen LogP contribution in [0.15, 0.2) is 17.3 Å². The third kappa shape index (κ3) is 3.03. The van der Waals surface area contributed by atoms with Crippen molar-refractivity contribution in [2.45, 2.75) is 35.6 Å². The largest absolute Gasteiger partial charge is 0.0881 e. The molecule has 0 aromatic rings. The molecule has 0 heterocycles. The lowest BCUT2D eigenvalue weighted by Crippen LogP contribution is -2.16. The minimum absolute atomic E-state index is 0.0656. The second-order valence-corrected chi connectivity index (χ2v) is 4.52. The average Bonchev–Trinajstić information content (AvgIpc) is 2.05. The summed E-state index contributed by atoms with van der Waals surface area (Å²) in [5.74, 6) is 0. The van der Waals surface area contributed by atoms with E-state index in [4.69, 9.17) is 5.53 Å². The van der Waals surface area contributed by atoms with Crippen LogP contribution < -0.4 is 0 Å². The highest BCUT2D eigenvalue weighted by Crippen LogP contribution is 2.21. The van der Waals surface area contributed by atoms with Crippen LogP contribution in [-0.4, -0.2) is 9.97 Å². The highest BCUT2D eigenvalue weighted by molar-refractivity contribution is 14.1. The average molecular weight is 277 g/mol. The predicted molar refractivity (Wildman–Crippen MR) is 58.4 cm³/mol. The topological polar surface area (TPSA) is 48.8 Å². The Labute approximate surface area is 86.0 Å². The maximum atomic E-state index is 8.32. The molecule has 1 rings (SSSR count). The molecule has 0 aromatic heterocycles. The van der Waals surface area contributed by atoms with Crippen LogP contribution in [0.25, 0.3) is 10.4 Å². The molecule has 3 nitrogen and oxygen atoms in total. The van der Waals surface area contributed by atoms with Gasteiger partial charge in [-0.2, -0.15) is 0 Å². The number of rotatable bonds is 1. The van der Waals surface area contributed by atoms with Gasteiger partial charge in [0.05, 0.1) is 6.04 Å². The first-order chi connectivity index (χ1) is 5.84. The van der Waals surface area contributed by atoms with Crippen molar-refractivity contribution < 1.29 is 0 Å². The molecule has 0 spiro atoms. The monoisotopic (exact) mass is 277 g/mol. The molecule has 12 heavy (non-hydrogen) atoms. The Kier molecular flexibility index (Phi) is 4.46. The van der Waals surface area contributed by atoms with Crippen molar-refractivity contribution in [3.05, 3.63) is 22.6 Å². The molecule has 0 saturated heterocycles. The third-order valence-corrected chi connectivity index (χ3v) is 3.35. The van der Waals surface area contributed by atoms with Crippen LogP contribution in [0.3, 0.4) is 0 Å². The van der Waals surface area contributed by atoms with E-state index in [0.717, 1.165) is 12.8 Å². The fraction of sp³-hybridized carbons (Fsp3) is 0.750. The fourth-order valence-corrected chi connectivity index (χ4v) is 2.12. The predicted octanol–water partition coefficient (Wildman–Crippen LogP) is 3.60. The van der Waals surface area contributed by atoms with E-state index in [1.807, 2.05) is 6.08 Å². The van der Waals surface area contributed by atoms with Gasteiger partial charge in [0.1, 0.15) is 0 Å². The molecule has 0 saturated carbocycles. The smallest absolute Gasteiger partial charge is 0.0672 e. The number of hydrogen-bond donors (Lipinski definition) is 0. The molecule has 66 valence electrons. The SMILES string of the molecule is [N-]=[N+]=N[C@@H]1/C=C\CCCC[C@H]1I. The zero-order valence-electron chi connectivity index (χ0n) is 6.86. The van der Waals surface area contributed by atoms with E-state index >= 15 is 0 Å². The quantitative estimate of drug-likeness (QED) is 0.176. The molecular weight excluding hydrogens is 265 g/mol. The first-order valence-electron chi connectivity index (χ1n) is 4.19. The van der Waals surface area contributed by atoms with Crippen molar-refractivity contribution in [3.8, 4) is 0 Å². The van der Waals surface area contributed by atoms with Gasteiger partial charge < -0.3 is 0 Å². The Morgan fingerprint density at radius 3 is 3.08 bits per heavy atom. The number of azide groups is 1. The Morgan fingerprint density at radius 1 is 1.50 bits per heavy atom. The molecule has 0 fully saturated rings. The molecule has 2 atom stereocenters.